The topological polar surface area (TPSA) is 133 Å². The van der Waals surface area contributed by atoms with E-state index in [0.29, 0.717) is 5.56 Å². The minimum absolute atomic E-state index is 0.00897. The number of sulfonamides is 1. The maximum Gasteiger partial charge on any atom is 0.339 e. The second kappa shape index (κ2) is 12.8. The average Bonchev–Trinajstić information content (AvgIpc) is 2.93. The maximum absolute atomic E-state index is 13.1. The Morgan fingerprint density at radius 1 is 0.571 bits per heavy atom. The van der Waals surface area contributed by atoms with Crippen LogP contribution in [0.2, 0.25) is 0 Å². The molecule has 0 heterocycles. The van der Waals surface area contributed by atoms with Crippen LogP contribution in [-0.4, -0.2) is 37.9 Å². The van der Waals surface area contributed by atoms with Gasteiger partial charge in [-0.25, -0.2) is 13.1 Å². The van der Waals surface area contributed by atoms with Gasteiger partial charge in [0.2, 0.25) is 10.0 Å². The zero-order chi connectivity index (χ0) is 30.5. The van der Waals surface area contributed by atoms with Crippen LogP contribution >= 0.6 is 0 Å². The molecule has 0 unspecified atom stereocenters. The summed E-state index contributed by atoms with van der Waals surface area (Å²) < 4.78 is 90.2. The molecule has 0 fully saturated rings. The molecular formula is C30H31NO8S3. The molecule has 0 bridgehead atoms. The zero-order valence-corrected chi connectivity index (χ0v) is 25.7. The second-order valence-corrected chi connectivity index (χ2v) is 14.8. The highest BCUT2D eigenvalue weighted by molar-refractivity contribution is 7.89. The van der Waals surface area contributed by atoms with E-state index in [1.165, 1.54) is 48.5 Å². The molecule has 4 aromatic carbocycles. The normalized spacial score (nSPS) is 13.0. The van der Waals surface area contributed by atoms with Crippen molar-refractivity contribution in [3.05, 3.63) is 119 Å². The van der Waals surface area contributed by atoms with Crippen LogP contribution in [0, 0.1) is 20.8 Å². The molecule has 12 heteroatoms. The molecule has 1 N–H and O–H groups in total. The predicted molar refractivity (Wildman–Crippen MR) is 159 cm³/mol. The van der Waals surface area contributed by atoms with Gasteiger partial charge in [0.25, 0.3) is 10.1 Å². The van der Waals surface area contributed by atoms with Gasteiger partial charge in [0.1, 0.15) is 10.6 Å². The van der Waals surface area contributed by atoms with Crippen LogP contribution in [0.4, 0.5) is 0 Å². The smallest absolute Gasteiger partial charge is 0.339 e. The van der Waals surface area contributed by atoms with Crippen molar-refractivity contribution in [1.29, 1.82) is 0 Å². The van der Waals surface area contributed by atoms with Gasteiger partial charge in [0.15, 0.2) is 0 Å². The van der Waals surface area contributed by atoms with Crippen LogP contribution in [0.5, 0.6) is 5.75 Å². The molecule has 4 aromatic rings. The van der Waals surface area contributed by atoms with E-state index in [-0.39, 0.29) is 26.9 Å². The molecule has 0 aliphatic heterocycles. The number of hydrogen-bond donors (Lipinski definition) is 1. The van der Waals surface area contributed by atoms with E-state index in [9.17, 15) is 25.3 Å². The number of nitrogens with one attached hydrogen (secondary N) is 1. The Hall–Kier alpha value is -3.55. The van der Waals surface area contributed by atoms with Crippen LogP contribution in [0.25, 0.3) is 0 Å². The van der Waals surface area contributed by atoms with E-state index in [1.807, 2.05) is 20.8 Å². The van der Waals surface area contributed by atoms with Gasteiger partial charge < -0.3 is 4.18 Å². The molecule has 0 aliphatic rings. The van der Waals surface area contributed by atoms with Gasteiger partial charge in [-0.15, -0.1) is 0 Å². The third-order valence-corrected chi connectivity index (χ3v) is 10.4. The van der Waals surface area contributed by atoms with Gasteiger partial charge >= 0.3 is 10.1 Å². The van der Waals surface area contributed by atoms with Crippen LogP contribution in [0.3, 0.4) is 0 Å². The lowest BCUT2D eigenvalue weighted by Crippen LogP contribution is -2.40. The van der Waals surface area contributed by atoms with Crippen molar-refractivity contribution >= 4 is 30.3 Å². The van der Waals surface area contributed by atoms with Crippen molar-refractivity contribution in [1.82, 2.24) is 4.72 Å². The van der Waals surface area contributed by atoms with Crippen LogP contribution in [-0.2, 0) is 40.9 Å². The molecule has 4 rings (SSSR count). The highest BCUT2D eigenvalue weighted by Gasteiger charge is 2.24. The molecule has 1 atom stereocenters. The lowest BCUT2D eigenvalue weighted by atomic mass is 10.1. The lowest BCUT2D eigenvalue weighted by Gasteiger charge is -2.19. The quantitative estimate of drug-likeness (QED) is 0.224. The largest absolute Gasteiger partial charge is 0.379 e. The van der Waals surface area contributed by atoms with E-state index in [1.54, 1.807) is 48.5 Å². The summed E-state index contributed by atoms with van der Waals surface area (Å²) in [6.45, 7) is 5.01. The van der Waals surface area contributed by atoms with Crippen molar-refractivity contribution in [3.63, 3.8) is 0 Å². The molecule has 0 aromatic heterocycles. The summed E-state index contributed by atoms with van der Waals surface area (Å²) in [7, 11) is -12.3. The Morgan fingerprint density at radius 3 is 1.48 bits per heavy atom. The molecule has 0 aliphatic carbocycles. The predicted octanol–water partition coefficient (Wildman–Crippen LogP) is 4.67. The van der Waals surface area contributed by atoms with Gasteiger partial charge in [0, 0.05) is 0 Å². The molecule has 0 amide bonds. The summed E-state index contributed by atoms with van der Waals surface area (Å²) in [6, 6.07) is 23.6. The summed E-state index contributed by atoms with van der Waals surface area (Å²) in [6.07, 6.45) is 0.0412. The van der Waals surface area contributed by atoms with Crippen LogP contribution in [0.1, 0.15) is 22.3 Å². The fraction of sp³-hybridized carbons (Fsp3) is 0.200. The first-order valence-electron chi connectivity index (χ1n) is 12.9. The fourth-order valence-corrected chi connectivity index (χ4v) is 7.03. The Morgan fingerprint density at radius 2 is 1.00 bits per heavy atom. The standard InChI is InChI=1S/C30H31NO8S3/c1-22-4-14-28(15-5-22)40(32,33)31-26(21-38-41(34,35)29-16-6-23(2)7-17-29)20-25-10-12-27(13-11-25)39-42(36,37)30-18-8-24(3)9-19-30/h4-19,26,31H,20-21H2,1-3H3/t26-/m1/s1. The Balaban J connectivity index is 1.53. The summed E-state index contributed by atoms with van der Waals surface area (Å²) in [5.41, 5.74) is 3.24. The average molecular weight is 630 g/mol. The summed E-state index contributed by atoms with van der Waals surface area (Å²) in [5, 5.41) is 0. The van der Waals surface area contributed by atoms with E-state index in [4.69, 9.17) is 8.37 Å². The highest BCUT2D eigenvalue weighted by Crippen LogP contribution is 2.21. The van der Waals surface area contributed by atoms with Gasteiger partial charge in [-0.05, 0) is 81.3 Å². The Bertz CT molecular complexity index is 1840. The third-order valence-electron chi connectivity index (χ3n) is 6.31. The first-order valence-corrected chi connectivity index (χ1v) is 17.2. The summed E-state index contributed by atoms with van der Waals surface area (Å²) in [5.74, 6) is 0.0642. The van der Waals surface area contributed by atoms with E-state index >= 15 is 0 Å². The van der Waals surface area contributed by atoms with Crippen LogP contribution in [0.15, 0.2) is 112 Å². The molecule has 0 spiro atoms. The van der Waals surface area contributed by atoms with Gasteiger partial charge in [-0.3, -0.25) is 4.18 Å². The summed E-state index contributed by atoms with van der Waals surface area (Å²) in [4.78, 5) is -0.0243. The first kappa shape index (κ1) is 31.4. The molecule has 42 heavy (non-hydrogen) atoms. The third kappa shape index (κ3) is 8.26. The minimum Gasteiger partial charge on any atom is -0.379 e. The van der Waals surface area contributed by atoms with Gasteiger partial charge in [0.05, 0.1) is 22.4 Å². The monoisotopic (exact) mass is 629 g/mol. The summed E-state index contributed by atoms with van der Waals surface area (Å²) >= 11 is 0. The highest BCUT2D eigenvalue weighted by atomic mass is 32.2. The van der Waals surface area contributed by atoms with Crippen molar-refractivity contribution in [3.8, 4) is 5.75 Å². The molecule has 0 saturated carbocycles. The van der Waals surface area contributed by atoms with Crippen molar-refractivity contribution in [2.24, 2.45) is 0 Å². The maximum atomic E-state index is 13.1. The Kier molecular flexibility index (Phi) is 9.53. The van der Waals surface area contributed by atoms with Crippen molar-refractivity contribution in [2.45, 2.75) is 47.9 Å². The van der Waals surface area contributed by atoms with E-state index in [0.717, 1.165) is 16.7 Å². The van der Waals surface area contributed by atoms with E-state index in [2.05, 4.69) is 4.72 Å². The molecule has 222 valence electrons. The first-order chi connectivity index (χ1) is 19.7. The fourth-order valence-electron chi connectivity index (χ4n) is 3.93. The van der Waals surface area contributed by atoms with Crippen LogP contribution < -0.4 is 8.91 Å². The van der Waals surface area contributed by atoms with Gasteiger partial charge in [-0.1, -0.05) is 65.2 Å². The second-order valence-electron chi connectivity index (χ2n) is 9.88. The molecule has 0 saturated heterocycles. The molecule has 9 nitrogen and oxygen atoms in total. The minimum atomic E-state index is -4.17. The van der Waals surface area contributed by atoms with Crippen molar-refractivity contribution in [2.75, 3.05) is 6.61 Å². The van der Waals surface area contributed by atoms with Gasteiger partial charge in [-0.2, -0.15) is 16.8 Å². The molecular weight excluding hydrogens is 599 g/mol. The molecule has 0 radical (unpaired) electrons. The number of aryl methyl sites for hydroxylation is 3. The van der Waals surface area contributed by atoms with Crippen molar-refractivity contribution < 1.29 is 33.6 Å². The SMILES string of the molecule is Cc1ccc(S(=O)(=O)N[C@@H](COS(=O)(=O)c2ccc(C)cc2)Cc2ccc(OS(=O)(=O)c3ccc(C)cc3)cc2)cc1. The number of hydrogen-bond acceptors (Lipinski definition) is 8. The van der Waals surface area contributed by atoms with E-state index < -0.39 is 42.9 Å². The Labute approximate surface area is 247 Å². The lowest BCUT2D eigenvalue weighted by molar-refractivity contribution is 0.281. The number of benzene rings is 4. The number of rotatable bonds is 12. The zero-order valence-electron chi connectivity index (χ0n) is 23.2.